The van der Waals surface area contributed by atoms with E-state index in [1.807, 2.05) is 18.5 Å². The summed E-state index contributed by atoms with van der Waals surface area (Å²) >= 11 is 0. The van der Waals surface area contributed by atoms with E-state index in [0.717, 1.165) is 24.4 Å². The molecule has 0 N–H and O–H groups in total. The van der Waals surface area contributed by atoms with Crippen molar-refractivity contribution in [2.45, 2.75) is 33.1 Å². The maximum absolute atomic E-state index is 7.58. The van der Waals surface area contributed by atoms with E-state index in [1.54, 1.807) is 0 Å². The van der Waals surface area contributed by atoms with Gasteiger partial charge in [0.05, 0.1) is 1.37 Å². The quantitative estimate of drug-likeness (QED) is 0.650. The Morgan fingerprint density at radius 1 is 1.73 bits per heavy atom. The van der Waals surface area contributed by atoms with E-state index < -0.39 is 0 Å². The van der Waals surface area contributed by atoms with Crippen LogP contribution in [0.2, 0.25) is 0 Å². The van der Waals surface area contributed by atoms with Gasteiger partial charge in [-0.1, -0.05) is 13.3 Å². The van der Waals surface area contributed by atoms with Crippen molar-refractivity contribution in [1.29, 1.82) is 0 Å². The van der Waals surface area contributed by atoms with Crippen LogP contribution in [0.15, 0.2) is 6.17 Å². The molecule has 1 aromatic heterocycles. The molecule has 62 valence electrons. The van der Waals surface area contributed by atoms with Gasteiger partial charge in [0, 0.05) is 18.9 Å². The number of unbranched alkanes of at least 4 members (excludes halogenated alkanes) is 1. The van der Waals surface area contributed by atoms with Crippen molar-refractivity contribution in [3.63, 3.8) is 0 Å². The van der Waals surface area contributed by atoms with Crippen LogP contribution < -0.4 is 0 Å². The summed E-state index contributed by atoms with van der Waals surface area (Å²) in [4.78, 5) is 4.09. The fourth-order valence-electron chi connectivity index (χ4n) is 1.06. The summed E-state index contributed by atoms with van der Waals surface area (Å²) in [6.45, 7) is 4.10. The van der Waals surface area contributed by atoms with E-state index in [9.17, 15) is 0 Å². The number of rotatable bonds is 3. The summed E-state index contributed by atoms with van der Waals surface area (Å²) in [6, 6.07) is 0. The first kappa shape index (κ1) is 6.89. The molecule has 11 heavy (non-hydrogen) atoms. The van der Waals surface area contributed by atoms with Gasteiger partial charge in [-0.15, -0.1) is 0 Å². The third-order valence-corrected chi connectivity index (χ3v) is 2.00. The van der Waals surface area contributed by atoms with E-state index >= 15 is 0 Å². The minimum absolute atomic E-state index is 0.448. The SMILES string of the molecule is [2H]c1nc(C)n(C)c1CCCC. The van der Waals surface area contributed by atoms with Crippen molar-refractivity contribution in [3.05, 3.63) is 17.7 Å². The summed E-state index contributed by atoms with van der Waals surface area (Å²) in [7, 11) is 1.98. The van der Waals surface area contributed by atoms with Gasteiger partial charge in [-0.25, -0.2) is 4.98 Å². The van der Waals surface area contributed by atoms with Crippen molar-refractivity contribution < 1.29 is 1.37 Å². The molecule has 0 bridgehead atoms. The molecule has 2 nitrogen and oxygen atoms in total. The topological polar surface area (TPSA) is 17.8 Å². The normalized spacial score (nSPS) is 11.7. The predicted molar refractivity (Wildman–Crippen MR) is 46.6 cm³/mol. The molecule has 0 fully saturated rings. The first-order valence-electron chi connectivity index (χ1n) is 4.65. The van der Waals surface area contributed by atoms with Crippen molar-refractivity contribution in [2.75, 3.05) is 0 Å². The molecule has 1 aromatic rings. The van der Waals surface area contributed by atoms with Crippen LogP contribution in [0.1, 0.15) is 32.7 Å². The molecule has 0 saturated heterocycles. The fourth-order valence-corrected chi connectivity index (χ4v) is 1.06. The summed E-state index contributed by atoms with van der Waals surface area (Å²) in [5.74, 6) is 0.936. The first-order chi connectivity index (χ1) is 5.66. The van der Waals surface area contributed by atoms with Gasteiger partial charge in [0.25, 0.3) is 0 Å². The van der Waals surface area contributed by atoms with E-state index in [1.165, 1.54) is 6.42 Å². The minimum Gasteiger partial charge on any atom is -0.335 e. The Balaban J connectivity index is 2.82. The maximum atomic E-state index is 7.58. The van der Waals surface area contributed by atoms with Gasteiger partial charge in [-0.3, -0.25) is 0 Å². The Labute approximate surface area is 69.7 Å². The highest BCUT2D eigenvalue weighted by Crippen LogP contribution is 2.05. The lowest BCUT2D eigenvalue weighted by Gasteiger charge is -2.01. The molecule has 0 radical (unpaired) electrons. The molecule has 0 atom stereocenters. The second-order valence-corrected chi connectivity index (χ2v) is 2.88. The van der Waals surface area contributed by atoms with Crippen LogP contribution in [0.4, 0.5) is 0 Å². The number of nitrogens with zero attached hydrogens (tertiary/aromatic N) is 2. The van der Waals surface area contributed by atoms with Gasteiger partial charge in [0.15, 0.2) is 0 Å². The van der Waals surface area contributed by atoms with E-state index in [2.05, 4.69) is 11.9 Å². The highest BCUT2D eigenvalue weighted by molar-refractivity contribution is 5.03. The zero-order valence-electron chi connectivity index (χ0n) is 8.52. The van der Waals surface area contributed by atoms with Crippen LogP contribution in [-0.4, -0.2) is 9.55 Å². The molecule has 1 rings (SSSR count). The molecule has 0 unspecified atom stereocenters. The Kier molecular flexibility index (Phi) is 2.23. The zero-order chi connectivity index (χ0) is 9.14. The first-order valence-corrected chi connectivity index (χ1v) is 4.15. The Bertz CT molecular complexity index is 266. The maximum Gasteiger partial charge on any atom is 0.105 e. The lowest BCUT2D eigenvalue weighted by Crippen LogP contribution is -1.97. The molecule has 1 heterocycles. The van der Waals surface area contributed by atoms with Crippen molar-refractivity contribution in [1.82, 2.24) is 9.55 Å². The largest absolute Gasteiger partial charge is 0.335 e. The lowest BCUT2D eigenvalue weighted by atomic mass is 10.2. The number of aryl methyl sites for hydroxylation is 1. The predicted octanol–water partition coefficient (Wildman–Crippen LogP) is 2.07. The second-order valence-electron chi connectivity index (χ2n) is 2.88. The average Bonchev–Trinajstić information content (AvgIpc) is 2.25. The summed E-state index contributed by atoms with van der Waals surface area (Å²) in [5.41, 5.74) is 1.06. The van der Waals surface area contributed by atoms with E-state index in [-0.39, 0.29) is 0 Å². The van der Waals surface area contributed by atoms with Gasteiger partial charge in [-0.05, 0) is 19.8 Å². The Morgan fingerprint density at radius 2 is 2.45 bits per heavy atom. The number of aromatic nitrogens is 2. The number of hydrogen-bond donors (Lipinski definition) is 0. The van der Waals surface area contributed by atoms with Crippen LogP contribution in [-0.2, 0) is 13.5 Å². The van der Waals surface area contributed by atoms with Gasteiger partial charge in [0.1, 0.15) is 5.82 Å². The summed E-state index contributed by atoms with van der Waals surface area (Å²) in [6.07, 6.45) is 3.74. The molecule has 0 amide bonds. The van der Waals surface area contributed by atoms with E-state index in [0.29, 0.717) is 6.17 Å². The Morgan fingerprint density at radius 3 is 2.91 bits per heavy atom. The van der Waals surface area contributed by atoms with Crippen LogP contribution >= 0.6 is 0 Å². The van der Waals surface area contributed by atoms with Crippen LogP contribution in [0.5, 0.6) is 0 Å². The van der Waals surface area contributed by atoms with Crippen LogP contribution in [0, 0.1) is 6.92 Å². The lowest BCUT2D eigenvalue weighted by molar-refractivity contribution is 0.721. The van der Waals surface area contributed by atoms with Crippen LogP contribution in [0.3, 0.4) is 0 Å². The third-order valence-electron chi connectivity index (χ3n) is 2.00. The molecule has 0 aliphatic heterocycles. The highest BCUT2D eigenvalue weighted by atomic mass is 15.0. The number of hydrogen-bond acceptors (Lipinski definition) is 1. The van der Waals surface area contributed by atoms with Gasteiger partial charge >= 0.3 is 0 Å². The molecule has 0 saturated carbocycles. The van der Waals surface area contributed by atoms with Crippen molar-refractivity contribution in [3.8, 4) is 0 Å². The fraction of sp³-hybridized carbons (Fsp3) is 0.667. The minimum atomic E-state index is 0.448. The van der Waals surface area contributed by atoms with Crippen LogP contribution in [0.25, 0.3) is 0 Å². The highest BCUT2D eigenvalue weighted by Gasteiger charge is 2.00. The molecule has 0 spiro atoms. The van der Waals surface area contributed by atoms with Gasteiger partial charge in [0.2, 0.25) is 0 Å². The summed E-state index contributed by atoms with van der Waals surface area (Å²) < 4.78 is 9.59. The summed E-state index contributed by atoms with van der Waals surface area (Å²) in [5, 5.41) is 0. The molecule has 0 aliphatic carbocycles. The molecular formula is C9H16N2. The monoisotopic (exact) mass is 153 g/mol. The molecule has 2 heteroatoms. The molecular weight excluding hydrogens is 136 g/mol. The van der Waals surface area contributed by atoms with Crippen molar-refractivity contribution >= 4 is 0 Å². The van der Waals surface area contributed by atoms with Gasteiger partial charge < -0.3 is 4.57 Å². The molecule has 0 aromatic carbocycles. The smallest absolute Gasteiger partial charge is 0.105 e. The average molecular weight is 153 g/mol. The van der Waals surface area contributed by atoms with Crippen molar-refractivity contribution in [2.24, 2.45) is 7.05 Å². The third kappa shape index (κ3) is 1.82. The number of imidazole rings is 1. The standard InChI is InChI=1S/C9H16N2/c1-4-5-6-9-7-10-8(2)11(9)3/h7H,4-6H2,1-3H3/i7D. The molecule has 0 aliphatic rings. The second kappa shape index (κ2) is 3.56. The van der Waals surface area contributed by atoms with E-state index in [4.69, 9.17) is 1.37 Å². The zero-order valence-corrected chi connectivity index (χ0v) is 7.52. The van der Waals surface area contributed by atoms with Gasteiger partial charge in [-0.2, -0.15) is 0 Å². The Hall–Kier alpha value is -0.790.